The zero-order valence-corrected chi connectivity index (χ0v) is 11.8. The number of amides is 2. The van der Waals surface area contributed by atoms with Gasteiger partial charge in [-0.15, -0.1) is 0 Å². The summed E-state index contributed by atoms with van der Waals surface area (Å²) < 4.78 is 0. The summed E-state index contributed by atoms with van der Waals surface area (Å²) in [6.07, 6.45) is 5.13. The van der Waals surface area contributed by atoms with Crippen molar-refractivity contribution in [3.63, 3.8) is 0 Å². The summed E-state index contributed by atoms with van der Waals surface area (Å²) in [5, 5.41) is 10.6. The fourth-order valence-electron chi connectivity index (χ4n) is 2.43. The molecule has 0 aliphatic carbocycles. The van der Waals surface area contributed by atoms with Crippen LogP contribution in [0.5, 0.6) is 0 Å². The van der Waals surface area contributed by atoms with Crippen LogP contribution in [0.1, 0.15) is 48.9 Å². The molecule has 2 rings (SSSR count). The van der Waals surface area contributed by atoms with Crippen molar-refractivity contribution < 1.29 is 14.5 Å². The average Bonchev–Trinajstić information content (AvgIpc) is 2.59. The van der Waals surface area contributed by atoms with Crippen LogP contribution in [-0.4, -0.2) is 28.2 Å². The van der Waals surface area contributed by atoms with Gasteiger partial charge in [0.25, 0.3) is 11.6 Å². The maximum absolute atomic E-state index is 12.4. The van der Waals surface area contributed by atoms with Crippen molar-refractivity contribution in [2.45, 2.75) is 38.5 Å². The lowest BCUT2D eigenvalue weighted by Crippen LogP contribution is -2.37. The Morgan fingerprint density at radius 2 is 1.67 bits per heavy atom. The van der Waals surface area contributed by atoms with E-state index in [1.54, 1.807) is 0 Å². The van der Waals surface area contributed by atoms with Crippen molar-refractivity contribution in [1.29, 1.82) is 0 Å². The van der Waals surface area contributed by atoms with Gasteiger partial charge in [0.1, 0.15) is 0 Å². The number of imide groups is 1. The minimum Gasteiger partial charge on any atom is -0.279 e. The van der Waals surface area contributed by atoms with E-state index in [1.165, 1.54) is 29.2 Å². The van der Waals surface area contributed by atoms with Crippen LogP contribution in [0.25, 0.3) is 0 Å². The molecule has 0 unspecified atom stereocenters. The van der Waals surface area contributed by atoms with Gasteiger partial charge in [0, 0.05) is 30.7 Å². The second-order valence-electron chi connectivity index (χ2n) is 5.17. The lowest BCUT2D eigenvalue weighted by Gasteiger charge is -2.20. The molecule has 1 aliphatic heterocycles. The first kappa shape index (κ1) is 15.2. The molecular formula is C15H18N2O4. The number of hydrogen-bond donors (Lipinski definition) is 0. The van der Waals surface area contributed by atoms with Gasteiger partial charge in [0.2, 0.25) is 5.91 Å². The Morgan fingerprint density at radius 1 is 1.05 bits per heavy atom. The summed E-state index contributed by atoms with van der Waals surface area (Å²) >= 11 is 0. The van der Waals surface area contributed by atoms with E-state index < -0.39 is 4.92 Å². The Kier molecular flexibility index (Phi) is 5.03. The predicted octanol–water partition coefficient (Wildman–Crippen LogP) is 2.92. The fraction of sp³-hybridized carbons (Fsp3) is 0.467. The van der Waals surface area contributed by atoms with Crippen molar-refractivity contribution in [1.82, 2.24) is 4.90 Å². The van der Waals surface area contributed by atoms with Gasteiger partial charge in [0.15, 0.2) is 0 Å². The zero-order valence-electron chi connectivity index (χ0n) is 11.8. The van der Waals surface area contributed by atoms with Crippen LogP contribution in [-0.2, 0) is 4.79 Å². The van der Waals surface area contributed by atoms with Crippen LogP contribution in [0.2, 0.25) is 0 Å². The van der Waals surface area contributed by atoms with E-state index in [0.717, 1.165) is 32.1 Å². The molecule has 0 radical (unpaired) electrons. The number of non-ortho nitro benzene ring substituents is 1. The third-order valence-electron chi connectivity index (χ3n) is 3.64. The van der Waals surface area contributed by atoms with Crippen molar-refractivity contribution >= 4 is 17.5 Å². The Labute approximate surface area is 122 Å². The summed E-state index contributed by atoms with van der Waals surface area (Å²) in [5.74, 6) is -0.517. The number of nitro benzene ring substituents is 1. The van der Waals surface area contributed by atoms with Gasteiger partial charge in [-0.05, 0) is 25.0 Å². The van der Waals surface area contributed by atoms with E-state index in [0.29, 0.717) is 18.5 Å². The summed E-state index contributed by atoms with van der Waals surface area (Å²) in [7, 11) is 0. The van der Waals surface area contributed by atoms with Gasteiger partial charge in [-0.2, -0.15) is 0 Å². The van der Waals surface area contributed by atoms with Crippen LogP contribution >= 0.6 is 0 Å². The molecule has 112 valence electrons. The van der Waals surface area contributed by atoms with E-state index in [4.69, 9.17) is 0 Å². The van der Waals surface area contributed by atoms with Crippen LogP contribution in [0.4, 0.5) is 5.69 Å². The molecule has 1 aliphatic rings. The van der Waals surface area contributed by atoms with Crippen molar-refractivity contribution in [3.8, 4) is 0 Å². The number of nitro groups is 1. The maximum Gasteiger partial charge on any atom is 0.269 e. The zero-order chi connectivity index (χ0) is 15.2. The topological polar surface area (TPSA) is 80.5 Å². The van der Waals surface area contributed by atoms with Crippen LogP contribution in [0.15, 0.2) is 24.3 Å². The van der Waals surface area contributed by atoms with Gasteiger partial charge in [-0.3, -0.25) is 24.6 Å². The molecule has 1 heterocycles. The molecule has 21 heavy (non-hydrogen) atoms. The first-order valence-electron chi connectivity index (χ1n) is 7.19. The van der Waals surface area contributed by atoms with E-state index >= 15 is 0 Å². The van der Waals surface area contributed by atoms with E-state index in [1.807, 2.05) is 0 Å². The molecule has 0 N–H and O–H groups in total. The number of carbonyl (C=O) groups excluding carboxylic acids is 2. The summed E-state index contributed by atoms with van der Waals surface area (Å²) in [6, 6.07) is 5.38. The van der Waals surface area contributed by atoms with Crippen molar-refractivity contribution in [2.75, 3.05) is 6.54 Å². The standard InChI is InChI=1S/C15H18N2O4/c18-14-6-4-2-1-3-5-11-16(14)15(19)12-7-9-13(10-8-12)17(20)21/h7-10H,1-6,11H2. The third-order valence-corrected chi connectivity index (χ3v) is 3.64. The average molecular weight is 290 g/mol. The Morgan fingerprint density at radius 3 is 2.33 bits per heavy atom. The number of rotatable bonds is 2. The minimum absolute atomic E-state index is 0.0673. The normalized spacial score (nSPS) is 16.8. The van der Waals surface area contributed by atoms with Crippen LogP contribution in [0.3, 0.4) is 0 Å². The van der Waals surface area contributed by atoms with Crippen LogP contribution in [0, 0.1) is 10.1 Å². The Bertz CT molecular complexity index is 539. The van der Waals surface area contributed by atoms with Gasteiger partial charge < -0.3 is 0 Å². The van der Waals surface area contributed by atoms with Gasteiger partial charge in [-0.1, -0.05) is 19.3 Å². The highest BCUT2D eigenvalue weighted by molar-refractivity contribution is 6.04. The van der Waals surface area contributed by atoms with Gasteiger partial charge in [0.05, 0.1) is 4.92 Å². The predicted molar refractivity (Wildman–Crippen MR) is 76.8 cm³/mol. The summed E-state index contributed by atoms with van der Waals surface area (Å²) in [4.78, 5) is 35.9. The maximum atomic E-state index is 12.4. The lowest BCUT2D eigenvalue weighted by molar-refractivity contribution is -0.384. The number of nitrogens with zero attached hydrogens (tertiary/aromatic N) is 2. The summed E-state index contributed by atoms with van der Waals surface area (Å²) in [5.41, 5.74) is 0.246. The van der Waals surface area contributed by atoms with E-state index in [-0.39, 0.29) is 17.5 Å². The highest BCUT2D eigenvalue weighted by Crippen LogP contribution is 2.17. The second kappa shape index (κ2) is 6.97. The van der Waals surface area contributed by atoms with E-state index in [2.05, 4.69) is 0 Å². The molecule has 1 fully saturated rings. The lowest BCUT2D eigenvalue weighted by atomic mass is 10.1. The highest BCUT2D eigenvalue weighted by atomic mass is 16.6. The van der Waals surface area contributed by atoms with E-state index in [9.17, 15) is 19.7 Å². The molecular weight excluding hydrogens is 272 g/mol. The minimum atomic E-state index is -0.514. The molecule has 6 heteroatoms. The molecule has 0 aromatic heterocycles. The Balaban J connectivity index is 2.15. The molecule has 0 bridgehead atoms. The molecule has 1 aromatic rings. The molecule has 0 spiro atoms. The largest absolute Gasteiger partial charge is 0.279 e. The van der Waals surface area contributed by atoms with Crippen molar-refractivity contribution in [2.24, 2.45) is 0 Å². The second-order valence-corrected chi connectivity index (χ2v) is 5.17. The number of carbonyl (C=O) groups is 2. The first-order chi connectivity index (χ1) is 10.1. The molecule has 0 atom stereocenters. The summed E-state index contributed by atoms with van der Waals surface area (Å²) in [6.45, 7) is 0.425. The highest BCUT2D eigenvalue weighted by Gasteiger charge is 2.23. The van der Waals surface area contributed by atoms with Gasteiger partial charge in [-0.25, -0.2) is 0 Å². The number of benzene rings is 1. The molecule has 1 saturated heterocycles. The molecule has 0 saturated carbocycles. The SMILES string of the molecule is O=C1CCCCCCCN1C(=O)c1ccc([N+](=O)[O-])cc1. The quantitative estimate of drug-likeness (QED) is 0.476. The monoisotopic (exact) mass is 290 g/mol. The molecule has 6 nitrogen and oxygen atoms in total. The molecule has 1 aromatic carbocycles. The van der Waals surface area contributed by atoms with Gasteiger partial charge >= 0.3 is 0 Å². The number of hydrogen-bond acceptors (Lipinski definition) is 4. The third kappa shape index (κ3) is 3.87. The van der Waals surface area contributed by atoms with Crippen LogP contribution < -0.4 is 0 Å². The first-order valence-corrected chi connectivity index (χ1v) is 7.19. The smallest absolute Gasteiger partial charge is 0.269 e. The fourth-order valence-corrected chi connectivity index (χ4v) is 2.43. The molecule has 2 amide bonds. The Hall–Kier alpha value is -2.24. The van der Waals surface area contributed by atoms with Crippen molar-refractivity contribution in [3.05, 3.63) is 39.9 Å².